The average Bonchev–Trinajstić information content (AvgIpc) is 3.41. The minimum Gasteiger partial charge on any atom is -0.475 e. The molecule has 1 saturated heterocycles. The van der Waals surface area contributed by atoms with Crippen molar-refractivity contribution in [1.29, 1.82) is 0 Å². The smallest absolute Gasteiger partial charge is 0.475 e. The molecule has 1 saturated carbocycles. The molecule has 0 amide bonds. The van der Waals surface area contributed by atoms with E-state index in [0.29, 0.717) is 18.1 Å². The van der Waals surface area contributed by atoms with Gasteiger partial charge in [0, 0.05) is 36.5 Å². The van der Waals surface area contributed by atoms with Crippen LogP contribution in [0, 0.1) is 5.92 Å². The van der Waals surface area contributed by atoms with Crippen LogP contribution in [0.4, 0.5) is 26.3 Å². The highest BCUT2D eigenvalue weighted by atomic mass is 32.1. The van der Waals surface area contributed by atoms with Gasteiger partial charge in [0.15, 0.2) is 0 Å². The number of aliphatic carboxylic acids is 2. The minimum atomic E-state index is -5.08. The summed E-state index contributed by atoms with van der Waals surface area (Å²) in [6, 6.07) is 4.97. The second-order valence-corrected chi connectivity index (χ2v) is 9.31. The summed E-state index contributed by atoms with van der Waals surface area (Å²) in [4.78, 5) is 24.0. The Morgan fingerprint density at radius 1 is 1.14 bits per heavy atom. The third-order valence-electron chi connectivity index (χ3n) is 5.27. The number of likely N-dealkylation sites (N-methyl/N-ethyl adjacent to an activating group) is 1. The summed E-state index contributed by atoms with van der Waals surface area (Å²) < 4.78 is 75.5. The van der Waals surface area contributed by atoms with Gasteiger partial charge in [-0.05, 0) is 38.4 Å². The topological polar surface area (TPSA) is 99.5 Å². The van der Waals surface area contributed by atoms with Crippen molar-refractivity contribution < 1.29 is 55.6 Å². The first kappa shape index (κ1) is 32.1. The van der Waals surface area contributed by atoms with Gasteiger partial charge in [-0.3, -0.25) is 4.90 Å². The highest BCUT2D eigenvalue weighted by Gasteiger charge is 2.42. The van der Waals surface area contributed by atoms with Gasteiger partial charge in [-0.15, -0.1) is 11.3 Å². The number of rotatable bonds is 7. The van der Waals surface area contributed by atoms with Crippen molar-refractivity contribution in [3.8, 4) is 0 Å². The van der Waals surface area contributed by atoms with Crippen LogP contribution in [0.2, 0.25) is 0 Å². The Morgan fingerprint density at radius 2 is 1.72 bits per heavy atom. The zero-order valence-corrected chi connectivity index (χ0v) is 20.5. The van der Waals surface area contributed by atoms with Crippen LogP contribution < -0.4 is 0 Å². The van der Waals surface area contributed by atoms with E-state index < -0.39 is 24.3 Å². The van der Waals surface area contributed by atoms with E-state index in [0.717, 1.165) is 39.5 Å². The second-order valence-electron chi connectivity index (χ2n) is 8.27. The molecule has 2 aliphatic rings. The highest BCUT2D eigenvalue weighted by Crippen LogP contribution is 2.35. The van der Waals surface area contributed by atoms with Gasteiger partial charge in [0.2, 0.25) is 0 Å². The van der Waals surface area contributed by atoms with Gasteiger partial charge in [0.05, 0.1) is 25.9 Å². The summed E-state index contributed by atoms with van der Waals surface area (Å²) in [6.45, 7) is 5.66. The number of thiophene rings is 1. The molecule has 0 aromatic carbocycles. The average molecular weight is 553 g/mol. The molecule has 3 rings (SSSR count). The molecule has 15 heteroatoms. The first-order chi connectivity index (χ1) is 16.6. The SMILES string of the molecule is CN(C)CCOCC1CCC2C1OCCN2Cc1cccs1.O=C(O)C(F)(F)F.O=C(O)C(F)(F)F. The molecule has 1 aliphatic heterocycles. The van der Waals surface area contributed by atoms with Crippen LogP contribution in [0.3, 0.4) is 0 Å². The summed E-state index contributed by atoms with van der Waals surface area (Å²) in [7, 11) is 4.17. The molecular formula is C21H30F6N2O6S. The quantitative estimate of drug-likeness (QED) is 0.392. The Balaban J connectivity index is 0.000000383. The van der Waals surface area contributed by atoms with Crippen LogP contribution in [0.1, 0.15) is 17.7 Å². The van der Waals surface area contributed by atoms with Gasteiger partial charge in [0.25, 0.3) is 0 Å². The number of carbonyl (C=O) groups is 2. The molecule has 1 aliphatic carbocycles. The fraction of sp³-hybridized carbons (Fsp3) is 0.714. The van der Waals surface area contributed by atoms with Gasteiger partial charge in [-0.2, -0.15) is 26.3 Å². The number of fused-ring (bicyclic) bond motifs is 1. The standard InChI is InChI=1S/C17H28N2O2S.2C2HF3O2/c1-18(2)7-9-20-13-14-5-6-16-17(14)21-10-8-19(16)12-15-4-3-11-22-15;2*3-2(4,5)1(6)7/h3-4,11,14,16-17H,5-10,12-13H2,1-2H3;2*(H,6,7). The third-order valence-corrected chi connectivity index (χ3v) is 6.13. The monoisotopic (exact) mass is 552 g/mol. The first-order valence-corrected chi connectivity index (χ1v) is 11.7. The van der Waals surface area contributed by atoms with Crippen LogP contribution in [0.25, 0.3) is 0 Å². The van der Waals surface area contributed by atoms with Gasteiger partial charge >= 0.3 is 24.3 Å². The Kier molecular flexibility index (Phi) is 13.1. The van der Waals surface area contributed by atoms with Crippen molar-refractivity contribution in [3.63, 3.8) is 0 Å². The summed E-state index contributed by atoms with van der Waals surface area (Å²) in [5.74, 6) is -4.95. The van der Waals surface area contributed by atoms with Crippen molar-refractivity contribution in [2.24, 2.45) is 5.92 Å². The predicted molar refractivity (Wildman–Crippen MR) is 118 cm³/mol. The van der Waals surface area contributed by atoms with E-state index in [2.05, 4.69) is 41.4 Å². The highest BCUT2D eigenvalue weighted by molar-refractivity contribution is 7.09. The number of carboxylic acid groups (broad SMARTS) is 2. The van der Waals surface area contributed by atoms with Crippen LogP contribution >= 0.6 is 11.3 Å². The van der Waals surface area contributed by atoms with E-state index in [1.165, 1.54) is 17.7 Å². The molecule has 0 bridgehead atoms. The van der Waals surface area contributed by atoms with E-state index >= 15 is 0 Å². The summed E-state index contributed by atoms with van der Waals surface area (Å²) >= 11 is 1.86. The lowest BCUT2D eigenvalue weighted by atomic mass is 10.0. The van der Waals surface area contributed by atoms with Gasteiger partial charge in [-0.1, -0.05) is 6.07 Å². The molecule has 0 spiro atoms. The number of ether oxygens (including phenoxy) is 2. The first-order valence-electron chi connectivity index (χ1n) is 10.8. The molecule has 36 heavy (non-hydrogen) atoms. The number of hydrogen-bond acceptors (Lipinski definition) is 7. The molecular weight excluding hydrogens is 522 g/mol. The Hall–Kier alpha value is -1.94. The maximum Gasteiger partial charge on any atom is 0.490 e. The molecule has 1 aromatic rings. The normalized spacial score (nSPS) is 22.2. The molecule has 3 unspecified atom stereocenters. The maximum atomic E-state index is 10.6. The zero-order valence-electron chi connectivity index (χ0n) is 19.7. The number of hydrogen-bond donors (Lipinski definition) is 2. The lowest BCUT2D eigenvalue weighted by Crippen LogP contribution is -2.50. The number of morpholine rings is 1. The number of halogens is 6. The molecule has 0 radical (unpaired) electrons. The molecule has 2 fully saturated rings. The van der Waals surface area contributed by atoms with E-state index in [4.69, 9.17) is 29.3 Å². The minimum absolute atomic E-state index is 0.369. The van der Waals surface area contributed by atoms with Gasteiger partial charge in [-0.25, -0.2) is 9.59 Å². The van der Waals surface area contributed by atoms with Gasteiger partial charge in [0.1, 0.15) is 0 Å². The molecule has 3 atom stereocenters. The van der Waals surface area contributed by atoms with Crippen LogP contribution in [-0.4, -0.2) is 103 Å². The third kappa shape index (κ3) is 11.9. The summed E-state index contributed by atoms with van der Waals surface area (Å²) in [5, 5.41) is 16.4. The fourth-order valence-corrected chi connectivity index (χ4v) is 4.33. The summed E-state index contributed by atoms with van der Waals surface area (Å²) in [5.41, 5.74) is 0. The predicted octanol–water partition coefficient (Wildman–Crippen LogP) is 3.57. The lowest BCUT2D eigenvalue weighted by molar-refractivity contribution is -0.193. The van der Waals surface area contributed by atoms with Crippen molar-refractivity contribution in [3.05, 3.63) is 22.4 Å². The number of alkyl halides is 6. The molecule has 2 N–H and O–H groups in total. The Labute approximate surface area is 208 Å². The number of carboxylic acids is 2. The maximum absolute atomic E-state index is 10.6. The Morgan fingerprint density at radius 3 is 2.19 bits per heavy atom. The van der Waals surface area contributed by atoms with Crippen molar-refractivity contribution in [2.75, 3.05) is 47.0 Å². The van der Waals surface area contributed by atoms with E-state index in [1.807, 2.05) is 11.3 Å². The molecule has 2 heterocycles. The van der Waals surface area contributed by atoms with Crippen molar-refractivity contribution in [2.45, 2.75) is 43.9 Å². The second kappa shape index (κ2) is 14.7. The van der Waals surface area contributed by atoms with E-state index in [1.54, 1.807) is 0 Å². The Bertz CT molecular complexity index is 767. The lowest BCUT2D eigenvalue weighted by Gasteiger charge is -2.39. The van der Waals surface area contributed by atoms with Crippen molar-refractivity contribution >= 4 is 23.3 Å². The van der Waals surface area contributed by atoms with E-state index in [9.17, 15) is 26.3 Å². The zero-order chi connectivity index (χ0) is 27.5. The van der Waals surface area contributed by atoms with E-state index in [-0.39, 0.29) is 0 Å². The van der Waals surface area contributed by atoms with Crippen molar-refractivity contribution in [1.82, 2.24) is 9.80 Å². The molecule has 208 valence electrons. The largest absolute Gasteiger partial charge is 0.490 e. The summed E-state index contributed by atoms with van der Waals surface area (Å²) in [6.07, 6.45) is -7.32. The molecule has 8 nitrogen and oxygen atoms in total. The van der Waals surface area contributed by atoms with Gasteiger partial charge < -0.3 is 24.6 Å². The molecule has 1 aromatic heterocycles. The van der Waals surface area contributed by atoms with Crippen LogP contribution in [0.5, 0.6) is 0 Å². The number of nitrogens with zero attached hydrogens (tertiary/aromatic N) is 2. The van der Waals surface area contributed by atoms with Crippen LogP contribution in [0.15, 0.2) is 17.5 Å². The van der Waals surface area contributed by atoms with Crippen LogP contribution in [-0.2, 0) is 25.6 Å². The fourth-order valence-electron chi connectivity index (χ4n) is 3.60.